The van der Waals surface area contributed by atoms with Crippen molar-refractivity contribution in [1.82, 2.24) is 10.7 Å². The zero-order valence-corrected chi connectivity index (χ0v) is 12.1. The van der Waals surface area contributed by atoms with Crippen molar-refractivity contribution in [2.45, 2.75) is 18.9 Å². The van der Waals surface area contributed by atoms with Crippen LogP contribution >= 0.6 is 12.2 Å². The van der Waals surface area contributed by atoms with Gasteiger partial charge in [0.2, 0.25) is 0 Å². The molecule has 1 heterocycles. The lowest BCUT2D eigenvalue weighted by atomic mass is 10.2. The molecule has 0 radical (unpaired) electrons. The molecule has 1 aromatic carbocycles. The van der Waals surface area contributed by atoms with Crippen LogP contribution in [0, 0.1) is 0 Å². The summed E-state index contributed by atoms with van der Waals surface area (Å²) in [6.07, 6.45) is 8.02. The first-order valence-corrected chi connectivity index (χ1v) is 7.15. The first-order valence-electron chi connectivity index (χ1n) is 6.75. The fraction of sp³-hybridized carbons (Fsp3) is 0.333. The molecule has 0 saturated carbocycles. The van der Waals surface area contributed by atoms with Gasteiger partial charge in [-0.15, -0.1) is 0 Å². The van der Waals surface area contributed by atoms with Crippen molar-refractivity contribution in [2.75, 3.05) is 13.2 Å². The number of hydrazone groups is 1. The molecule has 4 nitrogen and oxygen atoms in total. The number of nitrogens with one attached hydrogen (secondary N) is 2. The second kappa shape index (κ2) is 8.45. The summed E-state index contributed by atoms with van der Waals surface area (Å²) in [5.41, 5.74) is 3.91. The van der Waals surface area contributed by atoms with Crippen molar-refractivity contribution in [2.24, 2.45) is 5.10 Å². The summed E-state index contributed by atoms with van der Waals surface area (Å²) in [5, 5.41) is 7.63. The van der Waals surface area contributed by atoms with Crippen molar-refractivity contribution in [3.8, 4) is 0 Å². The van der Waals surface area contributed by atoms with E-state index in [4.69, 9.17) is 17.0 Å². The largest absolute Gasteiger partial charge is 0.376 e. The van der Waals surface area contributed by atoms with Crippen molar-refractivity contribution in [3.63, 3.8) is 0 Å². The molecule has 20 heavy (non-hydrogen) atoms. The summed E-state index contributed by atoms with van der Waals surface area (Å²) >= 11 is 5.12. The van der Waals surface area contributed by atoms with Gasteiger partial charge in [0.1, 0.15) is 0 Å². The van der Waals surface area contributed by atoms with Crippen LogP contribution in [0.4, 0.5) is 0 Å². The van der Waals surface area contributed by atoms with Crippen LogP contribution in [0.3, 0.4) is 0 Å². The van der Waals surface area contributed by atoms with E-state index in [0.717, 1.165) is 31.6 Å². The predicted octanol–water partition coefficient (Wildman–Crippen LogP) is 2.33. The molecule has 1 saturated heterocycles. The Bertz CT molecular complexity index is 467. The Morgan fingerprint density at radius 2 is 2.25 bits per heavy atom. The van der Waals surface area contributed by atoms with Gasteiger partial charge in [0.15, 0.2) is 5.11 Å². The number of nitrogens with zero attached hydrogens (tertiary/aromatic N) is 1. The number of benzene rings is 1. The first-order chi connectivity index (χ1) is 9.84. The Hall–Kier alpha value is -1.72. The molecule has 5 heteroatoms. The zero-order valence-electron chi connectivity index (χ0n) is 11.3. The standard InChI is InChI=1S/C15H19N3OS/c20-15(16-12-14-9-5-11-19-14)18-17-10-4-8-13-6-2-1-3-7-13/h1-4,6-8,10,14H,5,9,11-12H2,(H2,16,18,20)/b8-4+,17-10+. The Kier molecular flexibility index (Phi) is 6.20. The Balaban J connectivity index is 1.62. The van der Waals surface area contributed by atoms with Gasteiger partial charge in [-0.2, -0.15) is 5.10 Å². The van der Waals surface area contributed by atoms with Gasteiger partial charge >= 0.3 is 0 Å². The van der Waals surface area contributed by atoms with E-state index in [1.807, 2.05) is 42.5 Å². The number of rotatable bonds is 5. The number of hydrogen-bond donors (Lipinski definition) is 2. The van der Waals surface area contributed by atoms with E-state index in [2.05, 4.69) is 15.8 Å². The maximum atomic E-state index is 5.50. The molecule has 106 valence electrons. The third-order valence-electron chi connectivity index (χ3n) is 2.93. The molecule has 2 N–H and O–H groups in total. The van der Waals surface area contributed by atoms with Crippen LogP contribution in [0.1, 0.15) is 18.4 Å². The highest BCUT2D eigenvalue weighted by Gasteiger charge is 2.14. The van der Waals surface area contributed by atoms with E-state index in [1.54, 1.807) is 6.21 Å². The van der Waals surface area contributed by atoms with Gasteiger partial charge in [0, 0.05) is 19.4 Å². The lowest BCUT2D eigenvalue weighted by Gasteiger charge is -2.11. The molecular weight excluding hydrogens is 270 g/mol. The van der Waals surface area contributed by atoms with Crippen LogP contribution in [-0.4, -0.2) is 30.6 Å². The summed E-state index contributed by atoms with van der Waals surface area (Å²) in [6.45, 7) is 1.59. The van der Waals surface area contributed by atoms with E-state index in [-0.39, 0.29) is 6.10 Å². The fourth-order valence-electron chi connectivity index (χ4n) is 1.91. The summed E-state index contributed by atoms with van der Waals surface area (Å²) in [5.74, 6) is 0. The smallest absolute Gasteiger partial charge is 0.187 e. The van der Waals surface area contributed by atoms with Crippen LogP contribution in [0.25, 0.3) is 6.08 Å². The van der Waals surface area contributed by atoms with Gasteiger partial charge in [-0.1, -0.05) is 36.4 Å². The average molecular weight is 289 g/mol. The third kappa shape index (κ3) is 5.50. The monoisotopic (exact) mass is 289 g/mol. The SMILES string of the molecule is S=C(NCC1CCCO1)N/N=C/C=C/c1ccccc1. The number of ether oxygens (including phenoxy) is 1. The van der Waals surface area contributed by atoms with Gasteiger partial charge in [-0.25, -0.2) is 0 Å². The van der Waals surface area contributed by atoms with Crippen molar-refractivity contribution >= 4 is 29.6 Å². The molecule has 0 spiro atoms. The summed E-state index contributed by atoms with van der Waals surface area (Å²) in [4.78, 5) is 0. The summed E-state index contributed by atoms with van der Waals surface area (Å²) in [7, 11) is 0. The lowest BCUT2D eigenvalue weighted by Crippen LogP contribution is -2.37. The highest BCUT2D eigenvalue weighted by atomic mass is 32.1. The van der Waals surface area contributed by atoms with E-state index in [9.17, 15) is 0 Å². The average Bonchev–Trinajstić information content (AvgIpc) is 2.99. The lowest BCUT2D eigenvalue weighted by molar-refractivity contribution is 0.114. The molecule has 2 rings (SSSR count). The molecule has 1 aromatic rings. The molecule has 0 bridgehead atoms. The summed E-state index contributed by atoms with van der Waals surface area (Å²) < 4.78 is 5.50. The Morgan fingerprint density at radius 1 is 1.40 bits per heavy atom. The highest BCUT2D eigenvalue weighted by molar-refractivity contribution is 7.80. The predicted molar refractivity (Wildman–Crippen MR) is 86.7 cm³/mol. The van der Waals surface area contributed by atoms with E-state index in [0.29, 0.717) is 5.11 Å². The minimum absolute atomic E-state index is 0.275. The molecular formula is C15H19N3OS. The molecule has 0 aromatic heterocycles. The van der Waals surface area contributed by atoms with Crippen LogP contribution in [0.15, 0.2) is 41.5 Å². The number of allylic oxidation sites excluding steroid dienone is 1. The van der Waals surface area contributed by atoms with Crippen molar-refractivity contribution in [1.29, 1.82) is 0 Å². The molecule has 1 unspecified atom stereocenters. The van der Waals surface area contributed by atoms with E-state index < -0.39 is 0 Å². The number of hydrogen-bond acceptors (Lipinski definition) is 3. The Morgan fingerprint density at radius 3 is 3.00 bits per heavy atom. The van der Waals surface area contributed by atoms with Crippen molar-refractivity contribution < 1.29 is 4.74 Å². The van der Waals surface area contributed by atoms with Gasteiger partial charge in [0.05, 0.1) is 6.10 Å². The number of thiocarbonyl (C=S) groups is 1. The maximum Gasteiger partial charge on any atom is 0.187 e. The second-order valence-electron chi connectivity index (χ2n) is 4.50. The van der Waals surface area contributed by atoms with E-state index >= 15 is 0 Å². The third-order valence-corrected chi connectivity index (χ3v) is 3.16. The topological polar surface area (TPSA) is 45.6 Å². The van der Waals surface area contributed by atoms with Gasteiger partial charge in [0.25, 0.3) is 0 Å². The van der Waals surface area contributed by atoms with Crippen LogP contribution in [-0.2, 0) is 4.74 Å². The quantitative estimate of drug-likeness (QED) is 0.496. The maximum absolute atomic E-state index is 5.50. The van der Waals surface area contributed by atoms with Gasteiger partial charge in [-0.05, 0) is 36.7 Å². The van der Waals surface area contributed by atoms with Crippen LogP contribution < -0.4 is 10.7 Å². The molecule has 0 amide bonds. The molecule has 0 aliphatic carbocycles. The van der Waals surface area contributed by atoms with Crippen molar-refractivity contribution in [3.05, 3.63) is 42.0 Å². The van der Waals surface area contributed by atoms with E-state index in [1.165, 1.54) is 0 Å². The first kappa shape index (κ1) is 14.7. The van der Waals surface area contributed by atoms with Crippen LogP contribution in [0.2, 0.25) is 0 Å². The van der Waals surface area contributed by atoms with Gasteiger partial charge in [-0.3, -0.25) is 5.43 Å². The molecule has 1 aliphatic rings. The normalized spacial score (nSPS) is 18.7. The minimum atomic E-state index is 0.275. The van der Waals surface area contributed by atoms with Gasteiger partial charge < -0.3 is 10.1 Å². The molecule has 1 atom stereocenters. The second-order valence-corrected chi connectivity index (χ2v) is 4.91. The fourth-order valence-corrected chi connectivity index (χ4v) is 2.04. The molecule has 1 aliphatic heterocycles. The minimum Gasteiger partial charge on any atom is -0.376 e. The summed E-state index contributed by atoms with van der Waals surface area (Å²) in [6, 6.07) is 10.1. The highest BCUT2D eigenvalue weighted by Crippen LogP contribution is 2.10. The van der Waals surface area contributed by atoms with Crippen LogP contribution in [0.5, 0.6) is 0 Å². The molecule has 1 fully saturated rings. The Labute approximate surface area is 124 Å². The zero-order chi connectivity index (χ0) is 14.0.